The predicted molar refractivity (Wildman–Crippen MR) is 55.8 cm³/mol. The lowest BCUT2D eigenvalue weighted by atomic mass is 10.2. The maximum absolute atomic E-state index is 11.1. The van der Waals surface area contributed by atoms with E-state index in [1.807, 2.05) is 13.0 Å². The van der Waals surface area contributed by atoms with Crippen LogP contribution in [0, 0.1) is 6.92 Å². The van der Waals surface area contributed by atoms with Crippen molar-refractivity contribution in [3.05, 3.63) is 28.5 Å². The van der Waals surface area contributed by atoms with Crippen LogP contribution >= 0.6 is 11.6 Å². The van der Waals surface area contributed by atoms with Gasteiger partial charge in [0.15, 0.2) is 11.6 Å². The molecule has 0 fully saturated rings. The SMILES string of the molecule is CC(=O)c1nc2c(C)c(Cl)ccc2[nH]1. The minimum absolute atomic E-state index is 0.0725. The Morgan fingerprint density at radius 3 is 2.86 bits per heavy atom. The lowest BCUT2D eigenvalue weighted by Crippen LogP contribution is -1.93. The van der Waals surface area contributed by atoms with Crippen molar-refractivity contribution in [1.82, 2.24) is 9.97 Å². The number of carbonyl (C=O) groups is 1. The minimum atomic E-state index is -0.0725. The molecule has 1 N–H and O–H groups in total. The third-order valence-electron chi connectivity index (χ3n) is 2.18. The number of aromatic nitrogens is 2. The highest BCUT2D eigenvalue weighted by Crippen LogP contribution is 2.23. The highest BCUT2D eigenvalue weighted by atomic mass is 35.5. The van der Waals surface area contributed by atoms with Gasteiger partial charge in [-0.25, -0.2) is 4.98 Å². The van der Waals surface area contributed by atoms with Crippen molar-refractivity contribution in [2.24, 2.45) is 0 Å². The molecule has 4 heteroatoms. The van der Waals surface area contributed by atoms with E-state index in [-0.39, 0.29) is 5.78 Å². The molecule has 0 bridgehead atoms. The van der Waals surface area contributed by atoms with E-state index in [9.17, 15) is 4.79 Å². The molecule has 1 heterocycles. The second kappa shape index (κ2) is 3.10. The largest absolute Gasteiger partial charge is 0.335 e. The number of hydrogen-bond donors (Lipinski definition) is 1. The molecule has 0 unspecified atom stereocenters. The van der Waals surface area contributed by atoms with Crippen molar-refractivity contribution in [1.29, 1.82) is 0 Å². The van der Waals surface area contributed by atoms with Crippen LogP contribution in [0.3, 0.4) is 0 Å². The van der Waals surface area contributed by atoms with Gasteiger partial charge in [-0.15, -0.1) is 0 Å². The number of Topliss-reactive ketones (excluding diaryl/α,β-unsaturated/α-hetero) is 1. The first-order valence-electron chi connectivity index (χ1n) is 4.25. The monoisotopic (exact) mass is 208 g/mol. The van der Waals surface area contributed by atoms with Gasteiger partial charge < -0.3 is 4.98 Å². The summed E-state index contributed by atoms with van der Waals surface area (Å²) in [7, 11) is 0. The Hall–Kier alpha value is -1.35. The molecule has 0 atom stereocenters. The van der Waals surface area contributed by atoms with Crippen molar-refractivity contribution >= 4 is 28.4 Å². The number of H-pyrrole nitrogens is 1. The number of imidazole rings is 1. The smallest absolute Gasteiger partial charge is 0.195 e. The summed E-state index contributed by atoms with van der Waals surface area (Å²) >= 11 is 5.94. The Kier molecular flexibility index (Phi) is 2.04. The normalized spacial score (nSPS) is 10.8. The van der Waals surface area contributed by atoms with Gasteiger partial charge >= 0.3 is 0 Å². The quantitative estimate of drug-likeness (QED) is 0.733. The number of ketones is 1. The van der Waals surface area contributed by atoms with Crippen LogP contribution < -0.4 is 0 Å². The highest BCUT2D eigenvalue weighted by molar-refractivity contribution is 6.32. The van der Waals surface area contributed by atoms with Crippen LogP contribution in [-0.2, 0) is 0 Å². The Balaban J connectivity index is 2.77. The van der Waals surface area contributed by atoms with E-state index in [0.717, 1.165) is 16.6 Å². The summed E-state index contributed by atoms with van der Waals surface area (Å²) in [6, 6.07) is 3.62. The summed E-state index contributed by atoms with van der Waals surface area (Å²) in [5.41, 5.74) is 2.51. The molecule has 0 aliphatic carbocycles. The van der Waals surface area contributed by atoms with Crippen LogP contribution in [0.5, 0.6) is 0 Å². The lowest BCUT2D eigenvalue weighted by molar-refractivity contribution is 0.100. The van der Waals surface area contributed by atoms with Gasteiger partial charge in [-0.1, -0.05) is 11.6 Å². The predicted octanol–water partition coefficient (Wildman–Crippen LogP) is 2.73. The number of hydrogen-bond acceptors (Lipinski definition) is 2. The molecule has 0 amide bonds. The fourth-order valence-electron chi connectivity index (χ4n) is 1.35. The summed E-state index contributed by atoms with van der Waals surface area (Å²) in [6.45, 7) is 3.37. The van der Waals surface area contributed by atoms with E-state index >= 15 is 0 Å². The number of benzene rings is 1. The first-order valence-corrected chi connectivity index (χ1v) is 4.63. The second-order valence-electron chi connectivity index (χ2n) is 3.21. The fourth-order valence-corrected chi connectivity index (χ4v) is 1.51. The fraction of sp³-hybridized carbons (Fsp3) is 0.200. The van der Waals surface area contributed by atoms with E-state index < -0.39 is 0 Å². The summed E-state index contributed by atoms with van der Waals surface area (Å²) in [5, 5.41) is 0.666. The Labute approximate surface area is 86.1 Å². The summed E-state index contributed by atoms with van der Waals surface area (Å²) in [6.07, 6.45) is 0. The number of aromatic amines is 1. The average Bonchev–Trinajstić information content (AvgIpc) is 2.56. The van der Waals surface area contributed by atoms with Gasteiger partial charge in [0, 0.05) is 11.9 Å². The molecule has 0 spiro atoms. The van der Waals surface area contributed by atoms with Crippen molar-refractivity contribution in [2.75, 3.05) is 0 Å². The molecular formula is C10H9ClN2O. The Morgan fingerprint density at radius 2 is 2.21 bits per heavy atom. The van der Waals surface area contributed by atoms with E-state index in [0.29, 0.717) is 10.8 Å². The van der Waals surface area contributed by atoms with Crippen LogP contribution in [-0.4, -0.2) is 15.8 Å². The van der Waals surface area contributed by atoms with Crippen LogP contribution in [0.2, 0.25) is 5.02 Å². The molecule has 0 saturated heterocycles. The summed E-state index contributed by atoms with van der Waals surface area (Å²) in [4.78, 5) is 18.2. The molecular weight excluding hydrogens is 200 g/mol. The number of nitrogens with zero attached hydrogens (tertiary/aromatic N) is 1. The number of aryl methyl sites for hydroxylation is 1. The van der Waals surface area contributed by atoms with Gasteiger partial charge in [-0.2, -0.15) is 0 Å². The minimum Gasteiger partial charge on any atom is -0.335 e. The van der Waals surface area contributed by atoms with E-state index in [2.05, 4.69) is 9.97 Å². The van der Waals surface area contributed by atoms with Gasteiger partial charge in [0.2, 0.25) is 0 Å². The van der Waals surface area contributed by atoms with Crippen LogP contribution in [0.4, 0.5) is 0 Å². The number of halogens is 1. The van der Waals surface area contributed by atoms with E-state index in [1.165, 1.54) is 6.92 Å². The summed E-state index contributed by atoms with van der Waals surface area (Å²) in [5.74, 6) is 0.307. The van der Waals surface area contributed by atoms with Crippen molar-refractivity contribution in [2.45, 2.75) is 13.8 Å². The number of nitrogens with one attached hydrogen (secondary N) is 1. The molecule has 2 aromatic rings. The standard InChI is InChI=1S/C10H9ClN2O/c1-5-7(11)3-4-8-9(5)13-10(12-8)6(2)14/h3-4H,1-2H3,(H,12,13). The van der Waals surface area contributed by atoms with Gasteiger partial charge in [0.1, 0.15) is 0 Å². The van der Waals surface area contributed by atoms with Gasteiger partial charge in [-0.05, 0) is 24.6 Å². The van der Waals surface area contributed by atoms with Crippen LogP contribution in [0.1, 0.15) is 23.1 Å². The molecule has 0 radical (unpaired) electrons. The number of carbonyl (C=O) groups excluding carboxylic acids is 1. The van der Waals surface area contributed by atoms with E-state index in [1.54, 1.807) is 6.07 Å². The van der Waals surface area contributed by atoms with Crippen LogP contribution in [0.25, 0.3) is 11.0 Å². The summed E-state index contributed by atoms with van der Waals surface area (Å²) < 4.78 is 0. The second-order valence-corrected chi connectivity index (χ2v) is 3.62. The lowest BCUT2D eigenvalue weighted by Gasteiger charge is -1.95. The maximum Gasteiger partial charge on any atom is 0.195 e. The zero-order valence-corrected chi connectivity index (χ0v) is 8.64. The third kappa shape index (κ3) is 1.30. The molecule has 0 aliphatic rings. The average molecular weight is 209 g/mol. The molecule has 3 nitrogen and oxygen atoms in total. The van der Waals surface area contributed by atoms with Crippen molar-refractivity contribution in [3.63, 3.8) is 0 Å². The maximum atomic E-state index is 11.1. The third-order valence-corrected chi connectivity index (χ3v) is 2.58. The topological polar surface area (TPSA) is 45.8 Å². The van der Waals surface area contributed by atoms with Gasteiger partial charge in [-0.3, -0.25) is 4.79 Å². The molecule has 0 saturated carbocycles. The van der Waals surface area contributed by atoms with Gasteiger partial charge in [0.05, 0.1) is 11.0 Å². The Bertz CT molecular complexity index is 516. The molecule has 14 heavy (non-hydrogen) atoms. The van der Waals surface area contributed by atoms with E-state index in [4.69, 9.17) is 11.6 Å². The zero-order chi connectivity index (χ0) is 10.3. The number of rotatable bonds is 1. The van der Waals surface area contributed by atoms with Crippen molar-refractivity contribution in [3.8, 4) is 0 Å². The zero-order valence-electron chi connectivity index (χ0n) is 7.89. The number of fused-ring (bicyclic) bond motifs is 1. The molecule has 1 aromatic carbocycles. The molecule has 0 aliphatic heterocycles. The van der Waals surface area contributed by atoms with Gasteiger partial charge in [0.25, 0.3) is 0 Å². The molecule has 1 aromatic heterocycles. The highest BCUT2D eigenvalue weighted by Gasteiger charge is 2.09. The first kappa shape index (κ1) is 9.21. The molecule has 2 rings (SSSR count). The van der Waals surface area contributed by atoms with Crippen LogP contribution in [0.15, 0.2) is 12.1 Å². The first-order chi connectivity index (χ1) is 6.59. The molecule has 72 valence electrons. The Morgan fingerprint density at radius 1 is 1.50 bits per heavy atom. The van der Waals surface area contributed by atoms with Crippen molar-refractivity contribution < 1.29 is 4.79 Å².